The highest BCUT2D eigenvalue weighted by Gasteiger charge is 2.62. The SMILES string of the molecule is CCOc1cnc(O[C@@H]2C[C@H]3C(=O)N[C@]4(C(=O)NS(=O)(=O)C5CC5)C[C@H]4C=CCC[C@@H](C)C[C@@H](CC)[C@H](NC(=O)O)C(=O)N3C2)c2ccccc12. The van der Waals surface area contributed by atoms with Gasteiger partial charge in [-0.1, -0.05) is 50.6 Å². The second-order valence-corrected chi connectivity index (χ2v) is 16.2. The van der Waals surface area contributed by atoms with Crippen molar-refractivity contribution in [3.8, 4) is 11.6 Å². The number of pyridine rings is 1. The maximum absolute atomic E-state index is 14.5. The Labute approximate surface area is 297 Å². The van der Waals surface area contributed by atoms with Crippen molar-refractivity contribution in [3.63, 3.8) is 0 Å². The number of nitrogens with zero attached hydrogens (tertiary/aromatic N) is 2. The zero-order chi connectivity index (χ0) is 36.5. The quantitative estimate of drug-likeness (QED) is 0.278. The fraction of sp³-hybridized carbons (Fsp3) is 0.583. The molecule has 0 radical (unpaired) electrons. The molecule has 276 valence electrons. The smallest absolute Gasteiger partial charge is 0.405 e. The molecule has 4 aliphatic rings. The van der Waals surface area contributed by atoms with Gasteiger partial charge in [0.25, 0.3) is 5.91 Å². The molecule has 2 saturated carbocycles. The van der Waals surface area contributed by atoms with E-state index in [-0.39, 0.29) is 37.1 Å². The van der Waals surface area contributed by atoms with Crippen LogP contribution in [0.3, 0.4) is 0 Å². The lowest BCUT2D eigenvalue weighted by Crippen LogP contribution is -2.59. The van der Waals surface area contributed by atoms with Gasteiger partial charge in [-0.05, 0) is 63.4 Å². The van der Waals surface area contributed by atoms with E-state index in [1.54, 1.807) is 6.20 Å². The third-order valence-electron chi connectivity index (χ3n) is 10.6. The molecule has 15 heteroatoms. The summed E-state index contributed by atoms with van der Waals surface area (Å²) in [5.41, 5.74) is -1.52. The van der Waals surface area contributed by atoms with Crippen LogP contribution in [-0.4, -0.2) is 89.4 Å². The second-order valence-electron chi connectivity index (χ2n) is 14.3. The van der Waals surface area contributed by atoms with Gasteiger partial charge in [0.2, 0.25) is 27.7 Å². The number of carboxylic acid groups (broad SMARTS) is 1. The normalized spacial score (nSPS) is 29.9. The molecule has 2 aliphatic heterocycles. The van der Waals surface area contributed by atoms with Gasteiger partial charge in [0, 0.05) is 23.1 Å². The van der Waals surface area contributed by atoms with E-state index >= 15 is 0 Å². The summed E-state index contributed by atoms with van der Waals surface area (Å²) in [5.74, 6) is -1.83. The summed E-state index contributed by atoms with van der Waals surface area (Å²) in [4.78, 5) is 60.4. The molecule has 1 aromatic carbocycles. The van der Waals surface area contributed by atoms with Crippen LogP contribution in [-0.2, 0) is 24.4 Å². The number of hydrogen-bond donors (Lipinski definition) is 4. The van der Waals surface area contributed by atoms with Crippen molar-refractivity contribution in [2.24, 2.45) is 17.8 Å². The van der Waals surface area contributed by atoms with E-state index in [1.807, 2.05) is 50.3 Å². The van der Waals surface area contributed by atoms with Gasteiger partial charge in [0.05, 0.1) is 24.6 Å². The topological polar surface area (TPSA) is 193 Å². The first-order valence-corrected chi connectivity index (χ1v) is 19.4. The fourth-order valence-corrected chi connectivity index (χ4v) is 8.88. The molecular formula is C36H47N5O9S. The predicted octanol–water partition coefficient (Wildman–Crippen LogP) is 3.50. The number of carbonyl (C=O) groups excluding carboxylic acids is 3. The second kappa shape index (κ2) is 14.7. The molecular weight excluding hydrogens is 678 g/mol. The largest absolute Gasteiger partial charge is 0.492 e. The molecule has 1 aromatic heterocycles. The van der Waals surface area contributed by atoms with Crippen molar-refractivity contribution in [2.75, 3.05) is 13.2 Å². The fourth-order valence-electron chi connectivity index (χ4n) is 7.51. The first-order chi connectivity index (χ1) is 24.4. The number of nitrogens with one attached hydrogen (secondary N) is 3. The van der Waals surface area contributed by atoms with Crippen LogP contribution in [0.5, 0.6) is 11.6 Å². The van der Waals surface area contributed by atoms with Gasteiger partial charge >= 0.3 is 6.09 Å². The van der Waals surface area contributed by atoms with E-state index in [1.165, 1.54) is 4.90 Å². The lowest BCUT2D eigenvalue weighted by atomic mass is 9.85. The summed E-state index contributed by atoms with van der Waals surface area (Å²) >= 11 is 0. The number of fused-ring (bicyclic) bond motifs is 3. The van der Waals surface area contributed by atoms with Crippen molar-refractivity contribution < 1.29 is 42.2 Å². The van der Waals surface area contributed by atoms with Crippen LogP contribution in [0, 0.1) is 17.8 Å². The van der Waals surface area contributed by atoms with E-state index in [0.29, 0.717) is 49.8 Å². The van der Waals surface area contributed by atoms with Crippen molar-refractivity contribution in [3.05, 3.63) is 42.6 Å². The average Bonchev–Trinajstić information content (AvgIpc) is 4.02. The molecule has 0 unspecified atom stereocenters. The Morgan fingerprint density at radius 2 is 1.86 bits per heavy atom. The van der Waals surface area contributed by atoms with Gasteiger partial charge in [0.15, 0.2) is 0 Å². The highest BCUT2D eigenvalue weighted by Crippen LogP contribution is 2.46. The van der Waals surface area contributed by atoms with E-state index < -0.39 is 68.7 Å². The minimum Gasteiger partial charge on any atom is -0.492 e. The zero-order valence-corrected chi connectivity index (χ0v) is 30.0. The number of benzene rings is 1. The Kier molecular flexibility index (Phi) is 10.5. The van der Waals surface area contributed by atoms with Crippen molar-refractivity contribution in [2.45, 2.75) is 101 Å². The number of rotatable bonds is 9. The third-order valence-corrected chi connectivity index (χ3v) is 12.4. The molecule has 3 heterocycles. The molecule has 7 atom stereocenters. The predicted molar refractivity (Wildman–Crippen MR) is 187 cm³/mol. The van der Waals surface area contributed by atoms with Crippen molar-refractivity contribution in [1.29, 1.82) is 0 Å². The molecule has 4 amide bonds. The summed E-state index contributed by atoms with van der Waals surface area (Å²) in [6, 6.07) is 5.14. The molecule has 51 heavy (non-hydrogen) atoms. The lowest BCUT2D eigenvalue weighted by molar-refractivity contribution is -0.142. The maximum atomic E-state index is 14.5. The first kappa shape index (κ1) is 36.4. The minimum absolute atomic E-state index is 0.0202. The van der Waals surface area contributed by atoms with E-state index in [4.69, 9.17) is 9.47 Å². The van der Waals surface area contributed by atoms with Gasteiger partial charge in [-0.3, -0.25) is 19.1 Å². The Morgan fingerprint density at radius 1 is 1.12 bits per heavy atom. The van der Waals surface area contributed by atoms with Crippen LogP contribution >= 0.6 is 0 Å². The highest BCUT2D eigenvalue weighted by atomic mass is 32.2. The van der Waals surface area contributed by atoms with Gasteiger partial charge in [-0.2, -0.15) is 0 Å². The summed E-state index contributed by atoms with van der Waals surface area (Å²) in [6.07, 6.45) is 6.92. The lowest BCUT2D eigenvalue weighted by Gasteiger charge is -2.33. The van der Waals surface area contributed by atoms with Crippen LogP contribution in [0.25, 0.3) is 10.8 Å². The molecule has 6 rings (SSSR count). The molecule has 0 bridgehead atoms. The summed E-state index contributed by atoms with van der Waals surface area (Å²) < 4.78 is 40.0. The average molecular weight is 726 g/mol. The van der Waals surface area contributed by atoms with Gasteiger partial charge in [-0.25, -0.2) is 18.2 Å². The number of hydrogen-bond acceptors (Lipinski definition) is 9. The van der Waals surface area contributed by atoms with Crippen LogP contribution in [0.2, 0.25) is 0 Å². The number of sulfonamides is 1. The number of amides is 4. The summed E-state index contributed by atoms with van der Waals surface area (Å²) in [5, 5.41) is 15.9. The monoisotopic (exact) mass is 725 g/mol. The molecule has 3 fully saturated rings. The molecule has 14 nitrogen and oxygen atoms in total. The maximum Gasteiger partial charge on any atom is 0.405 e. The van der Waals surface area contributed by atoms with Gasteiger partial charge in [0.1, 0.15) is 29.5 Å². The molecule has 0 spiro atoms. The van der Waals surface area contributed by atoms with E-state index in [9.17, 15) is 32.7 Å². The molecule has 2 aromatic rings. The number of aromatic nitrogens is 1. The Morgan fingerprint density at radius 3 is 2.55 bits per heavy atom. The first-order valence-electron chi connectivity index (χ1n) is 17.9. The molecule has 1 saturated heterocycles. The van der Waals surface area contributed by atoms with Crippen molar-refractivity contribution in [1.82, 2.24) is 25.2 Å². The van der Waals surface area contributed by atoms with Crippen LogP contribution in [0.1, 0.15) is 72.1 Å². The van der Waals surface area contributed by atoms with Crippen LogP contribution < -0.4 is 24.8 Å². The zero-order valence-electron chi connectivity index (χ0n) is 29.2. The minimum atomic E-state index is -3.90. The van der Waals surface area contributed by atoms with Gasteiger partial charge in [-0.15, -0.1) is 0 Å². The van der Waals surface area contributed by atoms with E-state index in [2.05, 4.69) is 27.3 Å². The summed E-state index contributed by atoms with van der Waals surface area (Å²) in [7, 11) is -3.90. The number of allylic oxidation sites excluding steroid dienone is 1. The van der Waals surface area contributed by atoms with Gasteiger partial charge < -0.3 is 30.1 Å². The van der Waals surface area contributed by atoms with Crippen LogP contribution in [0.15, 0.2) is 42.6 Å². The highest BCUT2D eigenvalue weighted by molar-refractivity contribution is 7.91. The molecule has 2 aliphatic carbocycles. The standard InChI is InChI=1S/C36H47N5O9S/c1-4-22-16-21(3)10-6-7-11-23-18-36(23,34(44)40-51(47,48)25-14-15-25)39-31(42)28-17-24(20-41(28)33(43)30(22)38-35(45)46)50-32-27-13-9-8-12-26(27)29(19-37-32)49-5-2/h7-9,11-13,19,21-25,28,30,38H,4-6,10,14-18,20H2,1-3H3,(H,39,42)(H,40,44)(H,45,46)/t21-,22-,23-,24-,28+,30+,36-/m1/s1. The Hall–Kier alpha value is -4.40. The third kappa shape index (κ3) is 7.77. The van der Waals surface area contributed by atoms with Crippen molar-refractivity contribution >= 4 is 44.6 Å². The van der Waals surface area contributed by atoms with Crippen LogP contribution in [0.4, 0.5) is 4.79 Å². The number of carbonyl (C=O) groups is 4. The van der Waals surface area contributed by atoms with E-state index in [0.717, 1.165) is 11.8 Å². The Balaban J connectivity index is 1.35. The number of ether oxygens (including phenoxy) is 2. The molecule has 4 N–H and O–H groups in total. The summed E-state index contributed by atoms with van der Waals surface area (Å²) in [6.45, 7) is 6.22. The Bertz CT molecular complexity index is 1810.